The maximum atomic E-state index is 12.4. The molecule has 0 amide bonds. The average Bonchev–Trinajstić information content (AvgIpc) is 2.39. The van der Waals surface area contributed by atoms with Crippen molar-refractivity contribution in [2.24, 2.45) is 0 Å². The lowest BCUT2D eigenvalue weighted by Gasteiger charge is -2.21. The Morgan fingerprint density at radius 1 is 1.11 bits per heavy atom. The number of esters is 1. The Labute approximate surface area is 108 Å². The minimum Gasteiger partial charge on any atom is -0.461 e. The molecule has 0 spiro atoms. The molecule has 102 valence electrons. The lowest BCUT2D eigenvalue weighted by Crippen LogP contribution is -2.23. The third-order valence-electron chi connectivity index (χ3n) is 1.90. The third kappa shape index (κ3) is 5.45. The van der Waals surface area contributed by atoms with Gasteiger partial charge in [0.1, 0.15) is 6.61 Å². The van der Waals surface area contributed by atoms with Gasteiger partial charge in [-0.3, -0.25) is 9.36 Å². The van der Waals surface area contributed by atoms with E-state index < -0.39 is 19.2 Å². The minimum atomic E-state index is -3.59. The van der Waals surface area contributed by atoms with E-state index in [0.717, 1.165) is 0 Å². The number of hydrogen-bond acceptors (Lipinski definition) is 5. The Bertz CT molecular complexity index is 334. The van der Waals surface area contributed by atoms with Crippen molar-refractivity contribution in [3.63, 3.8) is 0 Å². The molecular formula is C12H19O5P. The minimum absolute atomic E-state index is 0.0213. The topological polar surface area (TPSA) is 61.8 Å². The molecule has 0 radical (unpaired) electrons. The molecule has 1 unspecified atom stereocenters. The van der Waals surface area contributed by atoms with Gasteiger partial charge >= 0.3 is 13.6 Å². The molecule has 0 fully saturated rings. The Kier molecular flexibility index (Phi) is 8.29. The Morgan fingerprint density at radius 3 is 1.94 bits per heavy atom. The summed E-state index contributed by atoms with van der Waals surface area (Å²) >= 11 is 0. The zero-order valence-electron chi connectivity index (χ0n) is 10.5. The highest BCUT2D eigenvalue weighted by Gasteiger charge is 2.38. The van der Waals surface area contributed by atoms with Crippen LogP contribution in [0.4, 0.5) is 0 Å². The average molecular weight is 274 g/mol. The van der Waals surface area contributed by atoms with Crippen LogP contribution < -0.4 is 0 Å². The molecule has 0 aliphatic rings. The summed E-state index contributed by atoms with van der Waals surface area (Å²) in [6.45, 7) is 11.8. The molecule has 0 saturated carbocycles. The van der Waals surface area contributed by atoms with E-state index in [4.69, 9.17) is 13.8 Å². The molecule has 0 rings (SSSR count). The summed E-state index contributed by atoms with van der Waals surface area (Å²) in [5.74, 6) is -0.661. The highest BCUT2D eigenvalue weighted by atomic mass is 31.2. The second-order valence-electron chi connectivity index (χ2n) is 3.30. The largest absolute Gasteiger partial charge is 0.461 e. The van der Waals surface area contributed by atoms with Crippen LogP contribution in [-0.2, 0) is 23.1 Å². The highest BCUT2D eigenvalue weighted by Crippen LogP contribution is 2.53. The second-order valence-corrected chi connectivity index (χ2v) is 5.67. The summed E-state index contributed by atoms with van der Waals surface area (Å²) in [6.07, 6.45) is 4.27. The molecule has 1 atom stereocenters. The first-order valence-electron chi connectivity index (χ1n) is 5.40. The van der Waals surface area contributed by atoms with Crippen molar-refractivity contribution in [1.82, 2.24) is 0 Å². The fraction of sp³-hybridized carbons (Fsp3) is 0.417. The lowest BCUT2D eigenvalue weighted by atomic mass is 10.5. The number of rotatable bonds is 10. The van der Waals surface area contributed by atoms with Gasteiger partial charge in [-0.1, -0.05) is 24.8 Å². The molecule has 5 nitrogen and oxygen atoms in total. The summed E-state index contributed by atoms with van der Waals surface area (Å²) in [6, 6.07) is 0. The Balaban J connectivity index is 4.75. The summed E-state index contributed by atoms with van der Waals surface area (Å²) in [5.41, 5.74) is -1.02. The fourth-order valence-electron chi connectivity index (χ4n) is 0.965. The van der Waals surface area contributed by atoms with E-state index in [1.54, 1.807) is 0 Å². The van der Waals surface area contributed by atoms with Crippen LogP contribution >= 0.6 is 7.60 Å². The summed E-state index contributed by atoms with van der Waals surface area (Å²) in [4.78, 5) is 11.6. The molecule has 0 bridgehead atoms. The van der Waals surface area contributed by atoms with Crippen molar-refractivity contribution < 1.29 is 23.1 Å². The van der Waals surface area contributed by atoms with E-state index in [0.29, 0.717) is 0 Å². The zero-order chi connectivity index (χ0) is 14.0. The molecule has 0 aliphatic carbocycles. The summed E-state index contributed by atoms with van der Waals surface area (Å²) in [7, 11) is -3.59. The van der Waals surface area contributed by atoms with Crippen molar-refractivity contribution in [3.8, 4) is 0 Å². The molecule has 6 heteroatoms. The van der Waals surface area contributed by atoms with Gasteiger partial charge in [-0.15, -0.1) is 13.2 Å². The van der Waals surface area contributed by atoms with Crippen LogP contribution in [0.25, 0.3) is 0 Å². The first-order valence-corrected chi connectivity index (χ1v) is 7.01. The Morgan fingerprint density at radius 2 is 1.56 bits per heavy atom. The molecule has 0 saturated heterocycles. The zero-order valence-corrected chi connectivity index (χ0v) is 11.4. The fourth-order valence-corrected chi connectivity index (χ4v) is 2.45. The molecule has 0 N–H and O–H groups in total. The van der Waals surface area contributed by atoms with Crippen molar-refractivity contribution in [2.75, 3.05) is 19.8 Å². The quantitative estimate of drug-likeness (QED) is 0.348. The normalized spacial score (nSPS) is 12.5. The van der Waals surface area contributed by atoms with E-state index in [1.807, 2.05) is 0 Å². The molecular weight excluding hydrogens is 255 g/mol. The van der Waals surface area contributed by atoms with Crippen LogP contribution in [0.3, 0.4) is 0 Å². The molecule has 0 aliphatic heterocycles. The van der Waals surface area contributed by atoms with Crippen LogP contribution in [0.1, 0.15) is 6.92 Å². The molecule has 0 aromatic rings. The van der Waals surface area contributed by atoms with Crippen LogP contribution in [0.2, 0.25) is 0 Å². The van der Waals surface area contributed by atoms with E-state index in [1.165, 1.54) is 25.2 Å². The van der Waals surface area contributed by atoms with Gasteiger partial charge in [0.2, 0.25) is 0 Å². The Hall–Kier alpha value is -1.16. The van der Waals surface area contributed by atoms with E-state index in [9.17, 15) is 9.36 Å². The monoisotopic (exact) mass is 274 g/mol. The smallest absolute Gasteiger partial charge is 0.345 e. The number of carbonyl (C=O) groups excluding carboxylic acids is 1. The van der Waals surface area contributed by atoms with Crippen molar-refractivity contribution in [1.29, 1.82) is 0 Å². The van der Waals surface area contributed by atoms with E-state index in [-0.39, 0.29) is 19.8 Å². The van der Waals surface area contributed by atoms with Crippen LogP contribution in [0.15, 0.2) is 38.0 Å². The standard InChI is InChI=1S/C12H19O5P/c1-5-8-15-12(13)11(4)18(14,16-9-6-2)17-10-7-3/h5-7,11H,1-3,8-10H2,4H3. The van der Waals surface area contributed by atoms with Gasteiger partial charge in [-0.2, -0.15) is 0 Å². The predicted octanol–water partition coefficient (Wildman–Crippen LogP) is 2.70. The van der Waals surface area contributed by atoms with Gasteiger partial charge in [0, 0.05) is 0 Å². The van der Waals surface area contributed by atoms with E-state index >= 15 is 0 Å². The van der Waals surface area contributed by atoms with Crippen molar-refractivity contribution in [3.05, 3.63) is 38.0 Å². The predicted molar refractivity (Wildman–Crippen MR) is 70.5 cm³/mol. The van der Waals surface area contributed by atoms with Gasteiger partial charge in [-0.25, -0.2) is 0 Å². The maximum Gasteiger partial charge on any atom is 0.345 e. The number of ether oxygens (including phenoxy) is 1. The van der Waals surface area contributed by atoms with Gasteiger partial charge in [0.15, 0.2) is 5.66 Å². The molecule has 0 aromatic heterocycles. The molecule has 0 heterocycles. The van der Waals surface area contributed by atoms with Gasteiger partial charge in [0.25, 0.3) is 0 Å². The third-order valence-corrected chi connectivity index (χ3v) is 4.08. The van der Waals surface area contributed by atoms with Crippen molar-refractivity contribution >= 4 is 13.6 Å². The first-order chi connectivity index (χ1) is 8.51. The van der Waals surface area contributed by atoms with E-state index in [2.05, 4.69) is 19.7 Å². The maximum absolute atomic E-state index is 12.4. The van der Waals surface area contributed by atoms with Crippen LogP contribution in [-0.4, -0.2) is 31.4 Å². The van der Waals surface area contributed by atoms with Crippen molar-refractivity contribution in [2.45, 2.75) is 12.6 Å². The number of carbonyl (C=O) groups is 1. The SMILES string of the molecule is C=CCOC(=O)C(C)P(=O)(OCC=C)OCC=C. The summed E-state index contributed by atoms with van der Waals surface area (Å²) < 4.78 is 27.4. The van der Waals surface area contributed by atoms with Gasteiger partial charge in [-0.05, 0) is 6.92 Å². The molecule has 18 heavy (non-hydrogen) atoms. The van der Waals surface area contributed by atoms with Crippen LogP contribution in [0, 0.1) is 0 Å². The van der Waals surface area contributed by atoms with Crippen LogP contribution in [0.5, 0.6) is 0 Å². The van der Waals surface area contributed by atoms with Gasteiger partial charge in [0.05, 0.1) is 13.2 Å². The van der Waals surface area contributed by atoms with Gasteiger partial charge < -0.3 is 13.8 Å². The highest BCUT2D eigenvalue weighted by molar-refractivity contribution is 7.55. The lowest BCUT2D eigenvalue weighted by molar-refractivity contribution is -0.142. The number of hydrogen-bond donors (Lipinski definition) is 0. The second kappa shape index (κ2) is 8.86. The first kappa shape index (κ1) is 16.8. The molecule has 0 aromatic carbocycles. The summed E-state index contributed by atoms with van der Waals surface area (Å²) in [5, 5.41) is 0.